The van der Waals surface area contributed by atoms with Gasteiger partial charge in [0.1, 0.15) is 0 Å². The van der Waals surface area contributed by atoms with E-state index < -0.39 is 6.09 Å². The molecule has 1 fully saturated rings. The molecule has 6 heteroatoms. The van der Waals surface area contributed by atoms with E-state index in [9.17, 15) is 9.59 Å². The van der Waals surface area contributed by atoms with Crippen LogP contribution in [0.25, 0.3) is 0 Å². The first-order chi connectivity index (χ1) is 9.63. The highest BCUT2D eigenvalue weighted by Gasteiger charge is 2.28. The van der Waals surface area contributed by atoms with Gasteiger partial charge in [-0.05, 0) is 24.1 Å². The van der Waals surface area contributed by atoms with Crippen molar-refractivity contribution in [2.75, 3.05) is 20.2 Å². The topological polar surface area (TPSA) is 58.6 Å². The van der Waals surface area contributed by atoms with E-state index >= 15 is 0 Å². The van der Waals surface area contributed by atoms with Crippen LogP contribution in [0.4, 0.5) is 4.79 Å². The summed E-state index contributed by atoms with van der Waals surface area (Å²) < 4.78 is 4.55. The fourth-order valence-corrected chi connectivity index (χ4v) is 2.39. The zero-order valence-corrected chi connectivity index (χ0v) is 12.0. The molecule has 0 bridgehead atoms. The summed E-state index contributed by atoms with van der Waals surface area (Å²) in [6.45, 7) is 1.13. The third-order valence-electron chi connectivity index (χ3n) is 3.34. The SMILES string of the molecule is COC(=O)NC1CCN(C(=O)c2ccc(CCl)cc2)C1. The molecule has 1 saturated heterocycles. The number of alkyl carbamates (subject to hydrolysis) is 1. The lowest BCUT2D eigenvalue weighted by molar-refractivity contribution is 0.0788. The number of nitrogens with one attached hydrogen (secondary N) is 1. The fourth-order valence-electron chi connectivity index (χ4n) is 2.21. The predicted octanol–water partition coefficient (Wildman–Crippen LogP) is 2.00. The van der Waals surface area contributed by atoms with Crippen molar-refractivity contribution in [3.8, 4) is 0 Å². The fraction of sp³-hybridized carbons (Fsp3) is 0.429. The standard InChI is InChI=1S/C14H17ClN2O3/c1-20-14(19)16-12-6-7-17(9-12)13(18)11-4-2-10(8-15)3-5-11/h2-5,12H,6-9H2,1H3,(H,16,19). The Morgan fingerprint density at radius 1 is 1.40 bits per heavy atom. The quantitative estimate of drug-likeness (QED) is 0.868. The average Bonchev–Trinajstić information content (AvgIpc) is 2.95. The summed E-state index contributed by atoms with van der Waals surface area (Å²) in [4.78, 5) is 25.2. The number of ether oxygens (including phenoxy) is 1. The highest BCUT2D eigenvalue weighted by Crippen LogP contribution is 2.15. The number of amides is 2. The lowest BCUT2D eigenvalue weighted by Gasteiger charge is -2.17. The normalized spacial score (nSPS) is 17.9. The molecule has 1 heterocycles. The maximum atomic E-state index is 12.3. The van der Waals surface area contributed by atoms with Crippen molar-refractivity contribution >= 4 is 23.6 Å². The number of methoxy groups -OCH3 is 1. The monoisotopic (exact) mass is 296 g/mol. The molecular weight excluding hydrogens is 280 g/mol. The molecule has 1 atom stereocenters. The Labute approximate surface area is 122 Å². The third kappa shape index (κ3) is 3.42. The summed E-state index contributed by atoms with van der Waals surface area (Å²) in [7, 11) is 1.33. The van der Waals surface area contributed by atoms with Gasteiger partial charge in [0.05, 0.1) is 13.2 Å². The summed E-state index contributed by atoms with van der Waals surface area (Å²) in [6, 6.07) is 7.21. The first kappa shape index (κ1) is 14.7. The molecule has 1 unspecified atom stereocenters. The van der Waals surface area contributed by atoms with Crippen LogP contribution < -0.4 is 5.32 Å². The van der Waals surface area contributed by atoms with E-state index in [0.29, 0.717) is 24.5 Å². The van der Waals surface area contributed by atoms with E-state index in [1.807, 2.05) is 12.1 Å². The second-order valence-electron chi connectivity index (χ2n) is 4.70. The molecule has 0 aliphatic carbocycles. The number of carbonyl (C=O) groups is 2. The molecule has 1 aromatic carbocycles. The van der Waals surface area contributed by atoms with Crippen LogP contribution in [-0.4, -0.2) is 43.1 Å². The predicted molar refractivity (Wildman–Crippen MR) is 75.8 cm³/mol. The second-order valence-corrected chi connectivity index (χ2v) is 4.97. The minimum absolute atomic E-state index is 0.0275. The lowest BCUT2D eigenvalue weighted by atomic mass is 10.1. The minimum atomic E-state index is -0.462. The van der Waals surface area contributed by atoms with Crippen molar-refractivity contribution < 1.29 is 14.3 Å². The zero-order chi connectivity index (χ0) is 14.5. The maximum Gasteiger partial charge on any atom is 0.407 e. The largest absolute Gasteiger partial charge is 0.453 e. The number of hydrogen-bond acceptors (Lipinski definition) is 3. The Morgan fingerprint density at radius 3 is 2.70 bits per heavy atom. The summed E-state index contributed by atoms with van der Waals surface area (Å²) in [5.41, 5.74) is 1.62. The molecule has 2 amide bonds. The highest BCUT2D eigenvalue weighted by molar-refractivity contribution is 6.17. The number of nitrogens with zero attached hydrogens (tertiary/aromatic N) is 1. The molecule has 5 nitrogen and oxygen atoms in total. The molecule has 1 aliphatic heterocycles. The number of halogens is 1. The molecule has 0 radical (unpaired) electrons. The zero-order valence-electron chi connectivity index (χ0n) is 11.3. The van der Waals surface area contributed by atoms with Gasteiger partial charge in [0, 0.05) is 24.5 Å². The number of rotatable bonds is 3. The molecule has 0 spiro atoms. The van der Waals surface area contributed by atoms with Gasteiger partial charge in [-0.15, -0.1) is 11.6 Å². The van der Waals surface area contributed by atoms with Gasteiger partial charge in [-0.3, -0.25) is 4.79 Å². The molecule has 20 heavy (non-hydrogen) atoms. The van der Waals surface area contributed by atoms with Gasteiger partial charge >= 0.3 is 6.09 Å². The van der Waals surface area contributed by atoms with Crippen LogP contribution in [-0.2, 0) is 10.6 Å². The van der Waals surface area contributed by atoms with E-state index in [1.54, 1.807) is 17.0 Å². The molecule has 0 aromatic heterocycles. The van der Waals surface area contributed by atoms with E-state index in [4.69, 9.17) is 11.6 Å². The molecule has 1 aromatic rings. The Morgan fingerprint density at radius 2 is 2.10 bits per heavy atom. The Hall–Kier alpha value is -1.75. The number of carbonyl (C=O) groups excluding carboxylic acids is 2. The van der Waals surface area contributed by atoms with Gasteiger partial charge in [-0.25, -0.2) is 4.79 Å². The van der Waals surface area contributed by atoms with Crippen molar-refractivity contribution in [3.63, 3.8) is 0 Å². The van der Waals surface area contributed by atoms with Crippen molar-refractivity contribution in [1.29, 1.82) is 0 Å². The number of hydrogen-bond donors (Lipinski definition) is 1. The van der Waals surface area contributed by atoms with Gasteiger partial charge in [0.15, 0.2) is 0 Å². The maximum absolute atomic E-state index is 12.3. The van der Waals surface area contributed by atoms with Crippen LogP contribution in [0, 0.1) is 0 Å². The summed E-state index contributed by atoms with van der Waals surface area (Å²) in [5.74, 6) is 0.406. The van der Waals surface area contributed by atoms with Gasteiger partial charge in [0.2, 0.25) is 0 Å². The van der Waals surface area contributed by atoms with Crippen LogP contribution >= 0.6 is 11.6 Å². The first-order valence-electron chi connectivity index (χ1n) is 6.42. The molecule has 0 saturated carbocycles. The van der Waals surface area contributed by atoms with Crippen molar-refractivity contribution in [2.45, 2.75) is 18.3 Å². The van der Waals surface area contributed by atoms with Gasteiger partial charge in [-0.2, -0.15) is 0 Å². The molecule has 1 N–H and O–H groups in total. The van der Waals surface area contributed by atoms with Crippen molar-refractivity contribution in [1.82, 2.24) is 10.2 Å². The highest BCUT2D eigenvalue weighted by atomic mass is 35.5. The van der Waals surface area contributed by atoms with Crippen LogP contribution in [0.3, 0.4) is 0 Å². The van der Waals surface area contributed by atoms with E-state index in [-0.39, 0.29) is 11.9 Å². The number of benzene rings is 1. The van der Waals surface area contributed by atoms with Crippen LogP contribution in [0.5, 0.6) is 0 Å². The smallest absolute Gasteiger partial charge is 0.407 e. The van der Waals surface area contributed by atoms with Gasteiger partial charge in [-0.1, -0.05) is 12.1 Å². The summed E-state index contributed by atoms with van der Waals surface area (Å²) >= 11 is 5.72. The Balaban J connectivity index is 1.95. The Bertz CT molecular complexity index is 490. The molecule has 108 valence electrons. The summed E-state index contributed by atoms with van der Waals surface area (Å²) in [6.07, 6.45) is 0.274. The van der Waals surface area contributed by atoms with E-state index in [0.717, 1.165) is 12.0 Å². The lowest BCUT2D eigenvalue weighted by Crippen LogP contribution is -2.38. The molecule has 1 aliphatic rings. The van der Waals surface area contributed by atoms with E-state index in [1.165, 1.54) is 7.11 Å². The number of likely N-dealkylation sites (tertiary alicyclic amines) is 1. The van der Waals surface area contributed by atoms with Gasteiger partial charge in [0.25, 0.3) is 5.91 Å². The second kappa shape index (κ2) is 6.61. The Kier molecular flexibility index (Phi) is 4.84. The average molecular weight is 297 g/mol. The van der Waals surface area contributed by atoms with Crippen molar-refractivity contribution in [2.24, 2.45) is 0 Å². The van der Waals surface area contributed by atoms with Gasteiger partial charge < -0.3 is 15.0 Å². The molecule has 2 rings (SSSR count). The summed E-state index contributed by atoms with van der Waals surface area (Å²) in [5, 5.41) is 2.71. The first-order valence-corrected chi connectivity index (χ1v) is 6.96. The van der Waals surface area contributed by atoms with Crippen molar-refractivity contribution in [3.05, 3.63) is 35.4 Å². The molecular formula is C14H17ClN2O3. The van der Waals surface area contributed by atoms with E-state index in [2.05, 4.69) is 10.1 Å². The van der Waals surface area contributed by atoms with Crippen LogP contribution in [0.15, 0.2) is 24.3 Å². The third-order valence-corrected chi connectivity index (χ3v) is 3.65. The minimum Gasteiger partial charge on any atom is -0.453 e. The number of alkyl halides is 1. The van der Waals surface area contributed by atoms with Crippen LogP contribution in [0.1, 0.15) is 22.3 Å². The van der Waals surface area contributed by atoms with Crippen LogP contribution in [0.2, 0.25) is 0 Å².